The monoisotopic (exact) mass is 2020 g/mol. The summed E-state index contributed by atoms with van der Waals surface area (Å²) in [6.07, 6.45) is 15.2. The van der Waals surface area contributed by atoms with Gasteiger partial charge in [-0.3, -0.25) is 0 Å². The Kier molecular flexibility index (Phi) is 91.6. The van der Waals surface area contributed by atoms with Gasteiger partial charge in [0.05, 0.1) is 4.90 Å². The molecule has 0 saturated heterocycles. The molecule has 0 spiro atoms. The first-order valence-corrected chi connectivity index (χ1v) is 30.1. The summed E-state index contributed by atoms with van der Waals surface area (Å²) in [5.74, 6) is 1.59. The van der Waals surface area contributed by atoms with Crippen LogP contribution in [0.3, 0.4) is 0 Å². The molecule has 0 unspecified atom stereocenters. The maximum Gasteiger partial charge on any atom is 0.175 e. The molecule has 478 valence electrons. The molecular weight excluding hydrogens is 1900 g/mol. The SMILES string of the molecule is C=C(C)C.C=C(C)CC.C=C(C)CCC1c2ccccc2-c2ccccc21.C=C(C)[CH-]C.CC.CC.CC(c1ccccc1)(c1ccccc1)c1ccccc1.CC1CCCCC1.CCC.CS(=O)(=O)c1ccccc1.[CH3-].[CH3-].[CH3-].[CH3-].[W].[W].[W].[W].[Y].[Y]. The van der Waals surface area contributed by atoms with Gasteiger partial charge in [-0.25, -0.2) is 27.0 Å². The van der Waals surface area contributed by atoms with Crippen LogP contribution in [0.15, 0.2) is 223 Å². The molecule has 0 bridgehead atoms. The largest absolute Gasteiger partial charge is 0.358 e. The third-order valence-corrected chi connectivity index (χ3v) is 13.2. The van der Waals surface area contributed by atoms with Crippen LogP contribution in [0, 0.1) is 42.0 Å². The molecule has 1 fully saturated rings. The molecule has 0 amide bonds. The van der Waals surface area contributed by atoms with Gasteiger partial charge in [-0.15, -0.1) is 26.7 Å². The second-order valence-electron chi connectivity index (χ2n) is 19.6. The van der Waals surface area contributed by atoms with Crippen molar-refractivity contribution in [2.24, 2.45) is 5.92 Å². The van der Waals surface area contributed by atoms with E-state index in [4.69, 9.17) is 0 Å². The first-order valence-electron chi connectivity index (χ1n) is 28.2. The first kappa shape index (κ1) is 113. The zero-order valence-corrected chi connectivity index (χ0v) is 75.8. The summed E-state index contributed by atoms with van der Waals surface area (Å²) >= 11 is 0. The average Bonchev–Trinajstić information content (AvgIpc) is 3.76. The van der Waals surface area contributed by atoms with E-state index >= 15 is 0 Å². The number of hydrogen-bond donors (Lipinski definition) is 0. The zero-order valence-electron chi connectivity index (χ0n) is 57.6. The topological polar surface area (TPSA) is 34.1 Å². The van der Waals surface area contributed by atoms with Crippen LogP contribution in [0.1, 0.15) is 195 Å². The molecule has 0 aliphatic heterocycles. The van der Waals surface area contributed by atoms with Crippen molar-refractivity contribution in [3.63, 3.8) is 0 Å². The minimum absolute atomic E-state index is 0. The van der Waals surface area contributed by atoms with Crippen molar-refractivity contribution in [1.29, 1.82) is 0 Å². The van der Waals surface area contributed by atoms with Crippen molar-refractivity contribution < 1.29 is 158 Å². The fraction of sp³-hybridized carbons (Fsp3) is 0.364. The maximum absolute atomic E-state index is 10.8. The summed E-state index contributed by atoms with van der Waals surface area (Å²) in [5.41, 5.74) is 14.5. The van der Waals surface area contributed by atoms with E-state index in [0.29, 0.717) is 10.8 Å². The Hall–Kier alpha value is -0.939. The molecule has 8 rings (SSSR count). The fourth-order valence-electron chi connectivity index (χ4n) is 7.75. The van der Waals surface area contributed by atoms with Gasteiger partial charge in [-0.2, -0.15) is 0 Å². The predicted molar refractivity (Wildman–Crippen MR) is 369 cm³/mol. The molecule has 2 aliphatic rings. The third-order valence-electron chi connectivity index (χ3n) is 12.0. The van der Waals surface area contributed by atoms with E-state index in [1.165, 1.54) is 107 Å². The molecule has 2 aliphatic carbocycles. The van der Waals surface area contributed by atoms with Crippen molar-refractivity contribution in [3.8, 4) is 11.1 Å². The summed E-state index contributed by atoms with van der Waals surface area (Å²) in [4.78, 5) is 0.370. The van der Waals surface area contributed by atoms with Crippen LogP contribution in [-0.2, 0) is 165 Å². The molecule has 2 radical (unpaired) electrons. The summed E-state index contributed by atoms with van der Waals surface area (Å²) in [6, 6.07) is 58.1. The van der Waals surface area contributed by atoms with Crippen molar-refractivity contribution in [1.82, 2.24) is 0 Å². The Morgan fingerprint density at radius 3 is 0.977 bits per heavy atom. The van der Waals surface area contributed by atoms with Crippen molar-refractivity contribution in [2.75, 3.05) is 6.26 Å². The van der Waals surface area contributed by atoms with E-state index in [-0.39, 0.29) is 185 Å². The van der Waals surface area contributed by atoms with Gasteiger partial charge in [0.25, 0.3) is 0 Å². The molecule has 0 atom stereocenters. The minimum Gasteiger partial charge on any atom is -0.358 e. The van der Waals surface area contributed by atoms with E-state index in [1.807, 2.05) is 68.7 Å². The summed E-state index contributed by atoms with van der Waals surface area (Å²) in [7, 11) is -3.00. The van der Waals surface area contributed by atoms with Gasteiger partial charge in [0.2, 0.25) is 0 Å². The summed E-state index contributed by atoms with van der Waals surface area (Å²) < 4.78 is 21.7. The normalized spacial score (nSPS) is 10.2. The van der Waals surface area contributed by atoms with Crippen LogP contribution >= 0.6 is 0 Å². The van der Waals surface area contributed by atoms with Gasteiger partial charge >= 0.3 is 0 Å². The number of hydrogen-bond acceptors (Lipinski definition) is 2. The average molecular weight is 2020 g/mol. The molecule has 0 aromatic heterocycles. The Morgan fingerprint density at radius 2 is 0.767 bits per heavy atom. The van der Waals surface area contributed by atoms with Crippen molar-refractivity contribution in [3.05, 3.63) is 282 Å². The second-order valence-corrected chi connectivity index (χ2v) is 21.6. The van der Waals surface area contributed by atoms with Gasteiger partial charge in [0, 0.05) is 167 Å². The molecule has 6 aromatic carbocycles. The standard InChI is InChI=1S/C20H18.C18H18.C7H8O2S.C7H14.C5H10.C5H9.C4H8.C3H8.2C2H6.4CH3.4W.2Y/c1-20(17-11-5-2-6-12-17,18-13-7-3-8-14-18)19-15-9-4-10-16-19;1-13(2)11-12-18-16-9-5-3-7-14(16)15-8-4-6-10-17(15)18;1-10(8,9)7-5-3-2-4-6-7;1-7-5-3-2-4-6-7;2*1-4-5(2)3;1-4(2)3;1-3-2;2*1-2;;;;;;;;;;/h2-16H,1H3;3-10,18H,1,11-12H2,2H3;2-6H,1H3;7H,2-6H2,1H3;2,4H2,1,3H3;4H,2H2,1,3H3;1H2,2-3H3;3H2,1-2H3;2*1-2H3;4*1H3;;;;;;/q;;;;;-1;;;;;4*-1;;;;;;. The van der Waals surface area contributed by atoms with Crippen LogP contribution in [0.25, 0.3) is 11.1 Å². The minimum atomic E-state index is -3.00. The van der Waals surface area contributed by atoms with Crippen LogP contribution in [-0.4, -0.2) is 14.7 Å². The number of sulfone groups is 1. The van der Waals surface area contributed by atoms with Gasteiger partial charge in [0.1, 0.15) is 0 Å². The third kappa shape index (κ3) is 49.7. The van der Waals surface area contributed by atoms with Gasteiger partial charge in [0.15, 0.2) is 9.84 Å². The van der Waals surface area contributed by atoms with E-state index in [9.17, 15) is 8.42 Å². The predicted octanol–water partition coefficient (Wildman–Crippen LogP) is 24.5. The van der Waals surface area contributed by atoms with Gasteiger partial charge < -0.3 is 29.7 Å². The molecule has 0 heterocycles. The van der Waals surface area contributed by atoms with Crippen LogP contribution < -0.4 is 0 Å². The first-order chi connectivity index (χ1) is 36.3. The van der Waals surface area contributed by atoms with E-state index in [2.05, 4.69) is 207 Å². The Bertz CT molecular complexity index is 2390. The van der Waals surface area contributed by atoms with Gasteiger partial charge in [-0.05, 0) is 111 Å². The number of fused-ring (bicyclic) bond motifs is 3. The second kappa shape index (κ2) is 69.9. The molecule has 2 nitrogen and oxygen atoms in total. The van der Waals surface area contributed by atoms with Crippen molar-refractivity contribution >= 4 is 9.84 Å². The van der Waals surface area contributed by atoms with E-state index in [1.54, 1.807) is 30.3 Å². The summed E-state index contributed by atoms with van der Waals surface area (Å²) in [6.45, 7) is 45.9. The maximum atomic E-state index is 10.8. The Balaban J connectivity index is -0.0000000763. The number of rotatable bonds is 9. The Labute approximate surface area is 643 Å². The van der Waals surface area contributed by atoms with E-state index < -0.39 is 9.84 Å². The van der Waals surface area contributed by atoms with Crippen molar-refractivity contribution in [2.45, 2.75) is 178 Å². The van der Waals surface area contributed by atoms with Crippen LogP contribution in [0.4, 0.5) is 0 Å². The molecule has 6 aromatic rings. The quantitative estimate of drug-likeness (QED) is 0.0821. The van der Waals surface area contributed by atoms with E-state index in [0.717, 1.165) is 24.3 Å². The molecule has 1 saturated carbocycles. The molecular formula is C77H117O2SW4Y2-5. The zero-order chi connectivity index (χ0) is 58.0. The van der Waals surface area contributed by atoms with Crippen LogP contribution in [0.2, 0.25) is 0 Å². The molecule has 9 heteroatoms. The fourth-order valence-corrected chi connectivity index (χ4v) is 8.40. The van der Waals surface area contributed by atoms with Crippen LogP contribution in [0.5, 0.6) is 0 Å². The number of benzene rings is 6. The molecule has 0 N–H and O–H groups in total. The van der Waals surface area contributed by atoms with Gasteiger partial charge in [-0.1, -0.05) is 275 Å². The molecule has 86 heavy (non-hydrogen) atoms. The number of allylic oxidation sites excluding steroid dienone is 4. The summed E-state index contributed by atoms with van der Waals surface area (Å²) in [5, 5.41) is 0. The smallest absolute Gasteiger partial charge is 0.175 e. The Morgan fingerprint density at radius 1 is 0.512 bits per heavy atom.